The molecule has 4 heteroatoms. The minimum Gasteiger partial charge on any atom is -0.404 e. The standard InChI is InChI=1S/C20H28FNOSi/c1-19(2,3)24(17-11-7-5-8-12-17,18-13-9-6-10-14-18)23-16-20(4,21)15-22/h5-14H,15-16,22H2,1-4H3/t20-/m0/s1. The third-order valence-electron chi connectivity index (χ3n) is 4.43. The van der Waals surface area contributed by atoms with Crippen molar-refractivity contribution in [2.75, 3.05) is 13.2 Å². The molecule has 0 radical (unpaired) electrons. The predicted molar refractivity (Wildman–Crippen MR) is 102 cm³/mol. The monoisotopic (exact) mass is 345 g/mol. The van der Waals surface area contributed by atoms with Gasteiger partial charge in [-0.05, 0) is 22.3 Å². The molecule has 2 nitrogen and oxygen atoms in total. The van der Waals surface area contributed by atoms with Crippen LogP contribution in [0.3, 0.4) is 0 Å². The summed E-state index contributed by atoms with van der Waals surface area (Å²) in [5.41, 5.74) is 4.05. The zero-order valence-corrected chi connectivity index (χ0v) is 16.1. The lowest BCUT2D eigenvalue weighted by Gasteiger charge is -2.44. The van der Waals surface area contributed by atoms with E-state index in [9.17, 15) is 4.39 Å². The van der Waals surface area contributed by atoms with Crippen LogP contribution in [0.4, 0.5) is 4.39 Å². The molecule has 0 fully saturated rings. The summed E-state index contributed by atoms with van der Waals surface area (Å²) < 4.78 is 21.0. The first-order valence-corrected chi connectivity index (χ1v) is 10.3. The van der Waals surface area contributed by atoms with Crippen molar-refractivity contribution < 1.29 is 8.82 Å². The molecule has 0 bridgehead atoms. The first kappa shape index (κ1) is 18.8. The second-order valence-electron chi connectivity index (χ2n) is 7.57. The maximum atomic E-state index is 14.5. The average Bonchev–Trinajstić information content (AvgIpc) is 2.56. The molecule has 2 N–H and O–H groups in total. The maximum absolute atomic E-state index is 14.5. The van der Waals surface area contributed by atoms with Crippen LogP contribution in [0.25, 0.3) is 0 Å². The van der Waals surface area contributed by atoms with E-state index in [2.05, 4.69) is 45.0 Å². The Morgan fingerprint density at radius 1 is 0.875 bits per heavy atom. The maximum Gasteiger partial charge on any atom is 0.261 e. The highest BCUT2D eigenvalue weighted by Gasteiger charge is 2.51. The van der Waals surface area contributed by atoms with Gasteiger partial charge in [-0.3, -0.25) is 0 Å². The highest BCUT2D eigenvalue weighted by atomic mass is 28.4. The van der Waals surface area contributed by atoms with E-state index in [0.717, 1.165) is 10.4 Å². The van der Waals surface area contributed by atoms with Crippen LogP contribution in [0.5, 0.6) is 0 Å². The average molecular weight is 346 g/mol. The predicted octanol–water partition coefficient (Wildman–Crippen LogP) is 3.25. The fourth-order valence-corrected chi connectivity index (χ4v) is 7.75. The summed E-state index contributed by atoms with van der Waals surface area (Å²) in [6.07, 6.45) is 0. The van der Waals surface area contributed by atoms with Crippen LogP contribution in [-0.4, -0.2) is 27.1 Å². The van der Waals surface area contributed by atoms with Crippen molar-refractivity contribution in [2.45, 2.75) is 38.4 Å². The van der Waals surface area contributed by atoms with Gasteiger partial charge in [-0.25, -0.2) is 4.39 Å². The highest BCUT2D eigenvalue weighted by molar-refractivity contribution is 6.99. The minimum atomic E-state index is -2.67. The van der Waals surface area contributed by atoms with E-state index < -0.39 is 14.0 Å². The molecule has 0 saturated carbocycles. The molecule has 0 aromatic heterocycles. The van der Waals surface area contributed by atoms with Gasteiger partial charge in [-0.15, -0.1) is 0 Å². The smallest absolute Gasteiger partial charge is 0.261 e. The molecular formula is C20H28FNOSi. The van der Waals surface area contributed by atoms with Crippen molar-refractivity contribution in [1.29, 1.82) is 0 Å². The van der Waals surface area contributed by atoms with Crippen molar-refractivity contribution in [3.8, 4) is 0 Å². The van der Waals surface area contributed by atoms with Gasteiger partial charge < -0.3 is 10.2 Å². The Morgan fingerprint density at radius 3 is 1.62 bits per heavy atom. The quantitative estimate of drug-likeness (QED) is 0.816. The molecule has 24 heavy (non-hydrogen) atoms. The molecule has 2 rings (SSSR count). The Bertz CT molecular complexity index is 598. The molecule has 0 aliphatic rings. The number of hydrogen-bond acceptors (Lipinski definition) is 2. The SMILES string of the molecule is CC(C)(C)[Si](OC[C@@](C)(F)CN)(c1ccccc1)c1ccccc1. The number of halogens is 1. The van der Waals surface area contributed by atoms with Gasteiger partial charge in [0.1, 0.15) is 5.67 Å². The van der Waals surface area contributed by atoms with Gasteiger partial charge in [0.2, 0.25) is 0 Å². The summed E-state index contributed by atoms with van der Waals surface area (Å²) >= 11 is 0. The van der Waals surface area contributed by atoms with E-state index in [1.807, 2.05) is 36.4 Å². The van der Waals surface area contributed by atoms with Gasteiger partial charge in [-0.2, -0.15) is 0 Å². The van der Waals surface area contributed by atoms with E-state index >= 15 is 0 Å². The lowest BCUT2D eigenvalue weighted by molar-refractivity contribution is 0.104. The minimum absolute atomic E-state index is 0.00319. The molecule has 1 atom stereocenters. The third kappa shape index (κ3) is 3.77. The lowest BCUT2D eigenvalue weighted by Crippen LogP contribution is -2.67. The number of alkyl halides is 1. The summed E-state index contributed by atoms with van der Waals surface area (Å²) in [4.78, 5) is 0. The van der Waals surface area contributed by atoms with Gasteiger partial charge in [0.15, 0.2) is 0 Å². The zero-order valence-electron chi connectivity index (χ0n) is 15.1. The number of benzene rings is 2. The van der Waals surface area contributed by atoms with Crippen LogP contribution in [-0.2, 0) is 4.43 Å². The molecule has 0 aliphatic carbocycles. The van der Waals surface area contributed by atoms with Gasteiger partial charge >= 0.3 is 0 Å². The topological polar surface area (TPSA) is 35.2 Å². The normalized spacial score (nSPS) is 15.1. The molecular weight excluding hydrogens is 317 g/mol. The van der Waals surface area contributed by atoms with Crippen molar-refractivity contribution in [1.82, 2.24) is 0 Å². The molecule has 0 unspecified atom stereocenters. The Labute approximate surface area is 146 Å². The Kier molecular flexibility index (Phi) is 5.63. The molecule has 0 heterocycles. The Morgan fingerprint density at radius 2 is 1.29 bits per heavy atom. The van der Waals surface area contributed by atoms with E-state index in [1.165, 1.54) is 6.92 Å². The molecule has 0 aliphatic heterocycles. The van der Waals surface area contributed by atoms with Gasteiger partial charge in [0.05, 0.1) is 6.61 Å². The molecule has 0 saturated heterocycles. The summed E-state index contributed by atoms with van der Waals surface area (Å²) in [6, 6.07) is 20.5. The van der Waals surface area contributed by atoms with Crippen molar-refractivity contribution >= 4 is 18.7 Å². The van der Waals surface area contributed by atoms with Crippen LogP contribution < -0.4 is 16.1 Å². The van der Waals surface area contributed by atoms with Crippen molar-refractivity contribution in [3.63, 3.8) is 0 Å². The van der Waals surface area contributed by atoms with Crippen LogP contribution in [0, 0.1) is 0 Å². The van der Waals surface area contributed by atoms with Crippen LogP contribution in [0.2, 0.25) is 5.04 Å². The Balaban J connectivity index is 2.62. The second-order valence-corrected chi connectivity index (χ2v) is 11.9. The molecule has 130 valence electrons. The van der Waals surface area contributed by atoms with Crippen molar-refractivity contribution in [2.24, 2.45) is 5.73 Å². The highest BCUT2D eigenvalue weighted by Crippen LogP contribution is 2.37. The first-order valence-electron chi connectivity index (χ1n) is 8.37. The molecule has 0 spiro atoms. The summed E-state index contributed by atoms with van der Waals surface area (Å²) in [7, 11) is -2.67. The van der Waals surface area contributed by atoms with E-state index in [0.29, 0.717) is 0 Å². The fraction of sp³-hybridized carbons (Fsp3) is 0.400. The number of rotatable bonds is 6. The summed E-state index contributed by atoms with van der Waals surface area (Å²) in [6.45, 7) is 7.98. The van der Waals surface area contributed by atoms with Crippen molar-refractivity contribution in [3.05, 3.63) is 60.7 Å². The van der Waals surface area contributed by atoms with Gasteiger partial charge in [0, 0.05) is 6.54 Å². The number of nitrogens with two attached hydrogens (primary N) is 1. The molecule has 0 amide bonds. The third-order valence-corrected chi connectivity index (χ3v) is 9.41. The summed E-state index contributed by atoms with van der Waals surface area (Å²) in [5, 5.41) is 2.15. The van der Waals surface area contributed by atoms with Crippen LogP contribution in [0.1, 0.15) is 27.7 Å². The number of hydrogen-bond donors (Lipinski definition) is 1. The second kappa shape index (κ2) is 7.17. The Hall–Kier alpha value is -1.49. The first-order chi connectivity index (χ1) is 11.2. The van der Waals surface area contributed by atoms with Crippen LogP contribution >= 0.6 is 0 Å². The molecule has 2 aromatic carbocycles. The summed E-state index contributed by atoms with van der Waals surface area (Å²) in [5.74, 6) is 0. The molecule has 2 aromatic rings. The van der Waals surface area contributed by atoms with E-state index in [1.54, 1.807) is 0 Å². The van der Waals surface area contributed by atoms with E-state index in [4.69, 9.17) is 10.2 Å². The van der Waals surface area contributed by atoms with Gasteiger partial charge in [0.25, 0.3) is 8.32 Å². The van der Waals surface area contributed by atoms with Gasteiger partial charge in [-0.1, -0.05) is 81.4 Å². The fourth-order valence-electron chi connectivity index (χ4n) is 3.08. The largest absolute Gasteiger partial charge is 0.404 e. The lowest BCUT2D eigenvalue weighted by atomic mass is 10.1. The zero-order chi connectivity index (χ0) is 17.8. The van der Waals surface area contributed by atoms with E-state index in [-0.39, 0.29) is 18.2 Å². The van der Waals surface area contributed by atoms with Crippen LogP contribution in [0.15, 0.2) is 60.7 Å².